The van der Waals surface area contributed by atoms with Crippen LogP contribution in [0.15, 0.2) is 181 Å². The Morgan fingerprint density at radius 2 is 0.649 bits per heavy atom. The lowest BCUT2D eigenvalue weighted by molar-refractivity contribution is -0.129. The smallest absolute Gasteiger partial charge is 0.335 e. The number of ether oxygens (including phenoxy) is 4. The molecular formula is C48H42O8S. The number of hydrogen-bond acceptors (Lipinski definition) is 8. The van der Waals surface area contributed by atoms with Crippen molar-refractivity contribution in [2.75, 3.05) is 0 Å². The third-order valence-electron chi connectivity index (χ3n) is 9.81. The van der Waals surface area contributed by atoms with E-state index in [0.717, 1.165) is 34.4 Å². The summed E-state index contributed by atoms with van der Waals surface area (Å²) in [5, 5.41) is 0. The number of benzene rings is 6. The summed E-state index contributed by atoms with van der Waals surface area (Å²) < 4.78 is 49.5. The molecule has 0 saturated carbocycles. The lowest BCUT2D eigenvalue weighted by Crippen LogP contribution is -2.18. The molecule has 0 heterocycles. The quantitative estimate of drug-likeness (QED) is 0.0611. The van der Waals surface area contributed by atoms with Crippen molar-refractivity contribution in [3.63, 3.8) is 0 Å². The number of esters is 2. The van der Waals surface area contributed by atoms with Crippen LogP contribution in [0.2, 0.25) is 0 Å². The van der Waals surface area contributed by atoms with E-state index in [9.17, 15) is 18.0 Å². The van der Waals surface area contributed by atoms with Gasteiger partial charge in [0.15, 0.2) is 0 Å². The van der Waals surface area contributed by atoms with Crippen LogP contribution in [0.4, 0.5) is 0 Å². The van der Waals surface area contributed by atoms with Gasteiger partial charge < -0.3 is 18.9 Å². The average Bonchev–Trinajstić information content (AvgIpc) is 3.22. The molecule has 0 saturated heterocycles. The van der Waals surface area contributed by atoms with E-state index in [1.54, 1.807) is 48.5 Å². The van der Waals surface area contributed by atoms with E-state index >= 15 is 0 Å². The Balaban J connectivity index is 1.05. The summed E-state index contributed by atoms with van der Waals surface area (Å²) in [5.74, 6) is 2.07. The summed E-state index contributed by atoms with van der Waals surface area (Å²) in [7, 11) is -3.80. The largest absolute Gasteiger partial charge is 0.457 e. The van der Waals surface area contributed by atoms with E-state index < -0.39 is 21.8 Å². The molecule has 0 aliphatic heterocycles. The second kappa shape index (κ2) is 16.6. The highest BCUT2D eigenvalue weighted by Crippen LogP contribution is 2.36. The van der Waals surface area contributed by atoms with Crippen molar-refractivity contribution in [1.82, 2.24) is 0 Å². The highest BCUT2D eigenvalue weighted by atomic mass is 32.2. The molecule has 0 aromatic heterocycles. The van der Waals surface area contributed by atoms with E-state index in [4.69, 9.17) is 18.9 Å². The maximum absolute atomic E-state index is 13.5. The van der Waals surface area contributed by atoms with Crippen molar-refractivity contribution >= 4 is 21.8 Å². The molecule has 6 aromatic carbocycles. The van der Waals surface area contributed by atoms with Crippen molar-refractivity contribution < 1.29 is 37.0 Å². The first kappa shape index (κ1) is 40.0. The summed E-state index contributed by atoms with van der Waals surface area (Å²) in [5.41, 5.74) is 3.50. The van der Waals surface area contributed by atoms with Crippen molar-refractivity contribution in [1.29, 1.82) is 0 Å². The molecule has 9 heteroatoms. The van der Waals surface area contributed by atoms with E-state index in [-0.39, 0.29) is 20.6 Å². The van der Waals surface area contributed by atoms with Gasteiger partial charge in [-0.1, -0.05) is 89.4 Å². The van der Waals surface area contributed by atoms with E-state index in [1.165, 1.54) is 24.3 Å². The Bertz CT molecular complexity index is 2310. The molecule has 6 aromatic rings. The normalized spacial score (nSPS) is 11.6. The fourth-order valence-electron chi connectivity index (χ4n) is 6.19. The van der Waals surface area contributed by atoms with Gasteiger partial charge in [-0.25, -0.2) is 18.0 Å². The first-order valence-electron chi connectivity index (χ1n) is 18.1. The highest BCUT2D eigenvalue weighted by molar-refractivity contribution is 7.91. The lowest BCUT2D eigenvalue weighted by atomic mass is 9.78. The standard InChI is InChI=1S/C48H42O8S/c1-7-45(49)55-41-21-13-35(14-22-41)47(3,4)33-9-17-37(18-10-33)53-39-25-29-43(30-26-39)57(51,52)44-31-27-40(28-32-44)54-38-19-11-34(12-20-38)48(5,6)36-15-23-42(24-16-36)56-46(50)8-2/h7-32H,1-2H2,3-6H3. The zero-order valence-electron chi connectivity index (χ0n) is 32.1. The van der Waals surface area contributed by atoms with Crippen LogP contribution in [0.3, 0.4) is 0 Å². The van der Waals surface area contributed by atoms with Crippen molar-refractivity contribution in [2.45, 2.75) is 48.3 Å². The van der Waals surface area contributed by atoms with Crippen LogP contribution in [0.5, 0.6) is 34.5 Å². The van der Waals surface area contributed by atoms with Crippen LogP contribution in [-0.2, 0) is 30.3 Å². The molecule has 0 unspecified atom stereocenters. The van der Waals surface area contributed by atoms with Crippen LogP contribution >= 0.6 is 0 Å². The van der Waals surface area contributed by atoms with Crippen LogP contribution in [0.1, 0.15) is 49.9 Å². The minimum absolute atomic E-state index is 0.136. The fourth-order valence-corrected chi connectivity index (χ4v) is 7.45. The number of carbonyl (C=O) groups is 2. The molecule has 0 aliphatic rings. The molecule has 0 fully saturated rings. The summed E-state index contributed by atoms with van der Waals surface area (Å²) in [4.78, 5) is 23.3. The minimum atomic E-state index is -3.80. The van der Waals surface area contributed by atoms with E-state index in [0.29, 0.717) is 34.5 Å². The van der Waals surface area contributed by atoms with E-state index in [2.05, 4.69) is 40.9 Å². The Morgan fingerprint density at radius 3 is 0.895 bits per heavy atom. The van der Waals surface area contributed by atoms with Crippen LogP contribution < -0.4 is 18.9 Å². The summed E-state index contributed by atoms with van der Waals surface area (Å²) in [6.07, 6.45) is 2.24. The molecule has 0 radical (unpaired) electrons. The zero-order valence-corrected chi connectivity index (χ0v) is 32.9. The zero-order chi connectivity index (χ0) is 40.8. The Kier molecular flexibility index (Phi) is 11.6. The molecule has 0 aliphatic carbocycles. The number of sulfone groups is 1. The lowest BCUT2D eigenvalue weighted by Gasteiger charge is -2.26. The first-order valence-corrected chi connectivity index (χ1v) is 19.6. The predicted octanol–water partition coefficient (Wildman–Crippen LogP) is 10.9. The topological polar surface area (TPSA) is 105 Å². The first-order chi connectivity index (χ1) is 27.2. The monoisotopic (exact) mass is 778 g/mol. The van der Waals surface area contributed by atoms with Gasteiger partial charge >= 0.3 is 11.9 Å². The van der Waals surface area contributed by atoms with Gasteiger partial charge in [-0.2, -0.15) is 0 Å². The maximum Gasteiger partial charge on any atom is 0.335 e. The molecule has 6 rings (SSSR count). The Morgan fingerprint density at radius 1 is 0.421 bits per heavy atom. The van der Waals surface area contributed by atoms with Gasteiger partial charge in [-0.3, -0.25) is 0 Å². The van der Waals surface area contributed by atoms with Gasteiger partial charge in [0.2, 0.25) is 9.84 Å². The summed E-state index contributed by atoms with van der Waals surface area (Å²) >= 11 is 0. The van der Waals surface area contributed by atoms with Crippen molar-refractivity contribution in [3.05, 3.63) is 193 Å². The molecule has 0 spiro atoms. The fraction of sp³-hybridized carbons (Fsp3) is 0.125. The predicted molar refractivity (Wildman–Crippen MR) is 220 cm³/mol. The summed E-state index contributed by atoms with van der Waals surface area (Å²) in [6.45, 7) is 15.3. The van der Waals surface area contributed by atoms with E-state index in [1.807, 2.05) is 72.8 Å². The summed E-state index contributed by atoms with van der Waals surface area (Å²) in [6, 6.07) is 42.7. The second-order valence-electron chi connectivity index (χ2n) is 14.2. The number of hydrogen-bond donors (Lipinski definition) is 0. The molecule has 288 valence electrons. The molecule has 0 N–H and O–H groups in total. The van der Waals surface area contributed by atoms with Crippen molar-refractivity contribution in [3.8, 4) is 34.5 Å². The Hall–Kier alpha value is -6.71. The third-order valence-corrected chi connectivity index (χ3v) is 11.6. The van der Waals surface area contributed by atoms with Gasteiger partial charge in [0.25, 0.3) is 0 Å². The molecule has 0 bridgehead atoms. The third kappa shape index (κ3) is 9.23. The van der Waals surface area contributed by atoms with Gasteiger partial charge in [0.1, 0.15) is 34.5 Å². The van der Waals surface area contributed by atoms with Gasteiger partial charge in [-0.05, 0) is 119 Å². The minimum Gasteiger partial charge on any atom is -0.457 e. The number of carbonyl (C=O) groups excluding carboxylic acids is 2. The molecule has 0 atom stereocenters. The maximum atomic E-state index is 13.5. The molecule has 8 nitrogen and oxygen atoms in total. The molecule has 0 amide bonds. The molecular weight excluding hydrogens is 737 g/mol. The molecule has 57 heavy (non-hydrogen) atoms. The van der Waals surface area contributed by atoms with Crippen LogP contribution in [0.25, 0.3) is 0 Å². The van der Waals surface area contributed by atoms with Gasteiger partial charge in [0.05, 0.1) is 9.79 Å². The van der Waals surface area contributed by atoms with Crippen molar-refractivity contribution in [2.24, 2.45) is 0 Å². The average molecular weight is 779 g/mol. The van der Waals surface area contributed by atoms with Gasteiger partial charge in [-0.15, -0.1) is 0 Å². The van der Waals surface area contributed by atoms with Crippen LogP contribution in [-0.4, -0.2) is 20.4 Å². The SMILES string of the molecule is C=CC(=O)Oc1ccc(C(C)(C)c2ccc(Oc3ccc(S(=O)(=O)c4ccc(Oc5ccc(C(C)(C)c6ccc(OC(=O)C=C)cc6)cc5)cc4)cc3)cc2)cc1. The number of rotatable bonds is 14. The van der Waals surface area contributed by atoms with Gasteiger partial charge in [0, 0.05) is 23.0 Å². The van der Waals surface area contributed by atoms with Crippen LogP contribution in [0, 0.1) is 0 Å². The highest BCUT2D eigenvalue weighted by Gasteiger charge is 2.25. The second-order valence-corrected chi connectivity index (χ2v) is 16.2. The Labute approximate surface area is 333 Å².